The molecule has 0 saturated heterocycles. The number of aromatic nitrogens is 1. The number of nitrogens with zero attached hydrogens (tertiary/aromatic N) is 1. The second-order valence-corrected chi connectivity index (χ2v) is 5.43. The van der Waals surface area contributed by atoms with Crippen molar-refractivity contribution >= 4 is 16.9 Å². The number of carboxylic acids is 1. The van der Waals surface area contributed by atoms with Crippen molar-refractivity contribution in [3.8, 4) is 11.3 Å². The van der Waals surface area contributed by atoms with Crippen LogP contribution in [0.5, 0.6) is 0 Å². The Morgan fingerprint density at radius 2 is 1.82 bits per heavy atom. The number of hydrogen-bond acceptors (Lipinski definition) is 2. The summed E-state index contributed by atoms with van der Waals surface area (Å²) in [6.07, 6.45) is 0.977. The van der Waals surface area contributed by atoms with E-state index < -0.39 is 5.97 Å². The normalized spacial score (nSPS) is 10.8. The topological polar surface area (TPSA) is 50.2 Å². The van der Waals surface area contributed by atoms with E-state index in [-0.39, 0.29) is 0 Å². The fourth-order valence-corrected chi connectivity index (χ4v) is 2.58. The van der Waals surface area contributed by atoms with Crippen molar-refractivity contribution in [3.05, 3.63) is 65.2 Å². The van der Waals surface area contributed by atoms with Gasteiger partial charge in [0.15, 0.2) is 0 Å². The lowest BCUT2D eigenvalue weighted by Crippen LogP contribution is -2.00. The number of hydrogen-bond donors (Lipinski definition) is 1. The van der Waals surface area contributed by atoms with Crippen LogP contribution < -0.4 is 0 Å². The third-order valence-electron chi connectivity index (χ3n) is 3.85. The maximum absolute atomic E-state index is 11.6. The molecule has 22 heavy (non-hydrogen) atoms. The average molecular weight is 291 g/mol. The molecule has 3 aromatic rings. The van der Waals surface area contributed by atoms with E-state index in [1.54, 1.807) is 6.07 Å². The number of carbonyl (C=O) groups is 1. The number of pyridine rings is 1. The van der Waals surface area contributed by atoms with E-state index in [1.807, 2.05) is 37.3 Å². The molecule has 0 fully saturated rings. The lowest BCUT2D eigenvalue weighted by molar-refractivity contribution is 0.0699. The van der Waals surface area contributed by atoms with Crippen LogP contribution >= 0.6 is 0 Å². The summed E-state index contributed by atoms with van der Waals surface area (Å²) in [4.78, 5) is 16.2. The van der Waals surface area contributed by atoms with Crippen LogP contribution in [0.2, 0.25) is 0 Å². The molecule has 0 aliphatic rings. The molecule has 2 aromatic carbocycles. The Morgan fingerprint density at radius 3 is 2.45 bits per heavy atom. The fraction of sp³-hybridized carbons (Fsp3) is 0.158. The highest BCUT2D eigenvalue weighted by Crippen LogP contribution is 2.26. The lowest BCUT2D eigenvalue weighted by atomic mass is 10.0. The first-order chi connectivity index (χ1) is 10.6. The number of benzene rings is 2. The molecule has 110 valence electrons. The summed E-state index contributed by atoms with van der Waals surface area (Å²) in [5.41, 5.74) is 4.90. The molecule has 0 aliphatic heterocycles. The van der Waals surface area contributed by atoms with Crippen LogP contribution in [0.3, 0.4) is 0 Å². The third kappa shape index (κ3) is 2.58. The Balaban J connectivity index is 2.21. The number of carboxylic acid groups (broad SMARTS) is 1. The molecule has 3 nitrogen and oxygen atoms in total. The van der Waals surface area contributed by atoms with Crippen molar-refractivity contribution in [2.75, 3.05) is 0 Å². The summed E-state index contributed by atoms with van der Waals surface area (Å²) in [5.74, 6) is -0.926. The van der Waals surface area contributed by atoms with Crippen LogP contribution in [-0.2, 0) is 6.42 Å². The zero-order valence-corrected chi connectivity index (χ0v) is 12.6. The minimum absolute atomic E-state index is 0.295. The van der Waals surface area contributed by atoms with E-state index in [2.05, 4.69) is 24.0 Å². The average Bonchev–Trinajstić information content (AvgIpc) is 2.53. The minimum atomic E-state index is -0.926. The summed E-state index contributed by atoms with van der Waals surface area (Å²) in [6.45, 7) is 4.05. The minimum Gasteiger partial charge on any atom is -0.478 e. The Labute approximate surface area is 129 Å². The van der Waals surface area contributed by atoms with Gasteiger partial charge in [0.2, 0.25) is 0 Å². The van der Waals surface area contributed by atoms with Gasteiger partial charge in [-0.3, -0.25) is 0 Å². The van der Waals surface area contributed by atoms with Crippen molar-refractivity contribution in [2.45, 2.75) is 20.3 Å². The summed E-state index contributed by atoms with van der Waals surface area (Å²) in [7, 11) is 0. The number of fused-ring (bicyclic) bond motifs is 1. The SMILES string of the molecule is CCc1ccc(-c2cc(C(=O)O)c3cc(C)ccc3n2)cc1. The zero-order valence-electron chi connectivity index (χ0n) is 12.6. The van der Waals surface area contributed by atoms with Gasteiger partial charge in [-0.2, -0.15) is 0 Å². The third-order valence-corrected chi connectivity index (χ3v) is 3.85. The van der Waals surface area contributed by atoms with Crippen LogP contribution in [0.4, 0.5) is 0 Å². The van der Waals surface area contributed by atoms with Crippen LogP contribution in [0, 0.1) is 6.92 Å². The van der Waals surface area contributed by atoms with E-state index in [0.29, 0.717) is 22.2 Å². The van der Waals surface area contributed by atoms with Crippen molar-refractivity contribution in [2.24, 2.45) is 0 Å². The van der Waals surface area contributed by atoms with Crippen molar-refractivity contribution < 1.29 is 9.90 Å². The number of rotatable bonds is 3. The first-order valence-corrected chi connectivity index (χ1v) is 7.32. The van der Waals surface area contributed by atoms with Gasteiger partial charge in [0, 0.05) is 10.9 Å². The Hall–Kier alpha value is -2.68. The second kappa shape index (κ2) is 5.60. The maximum Gasteiger partial charge on any atom is 0.336 e. The highest BCUT2D eigenvalue weighted by molar-refractivity contribution is 6.03. The molecule has 3 rings (SSSR count). The summed E-state index contributed by atoms with van der Waals surface area (Å²) in [5, 5.41) is 10.2. The molecule has 0 spiro atoms. The fourth-order valence-electron chi connectivity index (χ4n) is 2.58. The van der Waals surface area contributed by atoms with Gasteiger partial charge >= 0.3 is 5.97 Å². The second-order valence-electron chi connectivity index (χ2n) is 5.43. The first-order valence-electron chi connectivity index (χ1n) is 7.32. The molecular formula is C19H17NO2. The van der Waals surface area contributed by atoms with Crippen LogP contribution in [-0.4, -0.2) is 16.1 Å². The van der Waals surface area contributed by atoms with Gasteiger partial charge in [-0.05, 0) is 37.1 Å². The van der Waals surface area contributed by atoms with Crippen LogP contribution in [0.25, 0.3) is 22.2 Å². The van der Waals surface area contributed by atoms with Gasteiger partial charge < -0.3 is 5.11 Å². The van der Waals surface area contributed by atoms with Gasteiger partial charge in [-0.15, -0.1) is 0 Å². The van der Waals surface area contributed by atoms with E-state index >= 15 is 0 Å². The molecule has 3 heteroatoms. The Kier molecular flexibility index (Phi) is 3.63. The van der Waals surface area contributed by atoms with E-state index in [4.69, 9.17) is 0 Å². The van der Waals surface area contributed by atoms with Gasteiger partial charge in [-0.25, -0.2) is 9.78 Å². The van der Waals surface area contributed by atoms with Crippen molar-refractivity contribution in [1.82, 2.24) is 4.98 Å². The summed E-state index contributed by atoms with van der Waals surface area (Å²) < 4.78 is 0. The highest BCUT2D eigenvalue weighted by atomic mass is 16.4. The number of aromatic carboxylic acids is 1. The van der Waals surface area contributed by atoms with E-state index in [9.17, 15) is 9.90 Å². The summed E-state index contributed by atoms with van der Waals surface area (Å²) >= 11 is 0. The molecular weight excluding hydrogens is 274 g/mol. The van der Waals surface area contributed by atoms with Crippen LogP contribution in [0.15, 0.2) is 48.5 Å². The van der Waals surface area contributed by atoms with E-state index in [1.165, 1.54) is 5.56 Å². The Bertz CT molecular complexity index is 851. The Morgan fingerprint density at radius 1 is 1.09 bits per heavy atom. The van der Waals surface area contributed by atoms with Gasteiger partial charge in [0.25, 0.3) is 0 Å². The highest BCUT2D eigenvalue weighted by Gasteiger charge is 2.13. The quantitative estimate of drug-likeness (QED) is 0.774. The lowest BCUT2D eigenvalue weighted by Gasteiger charge is -2.08. The maximum atomic E-state index is 11.6. The van der Waals surface area contributed by atoms with Crippen molar-refractivity contribution in [3.63, 3.8) is 0 Å². The molecule has 0 unspecified atom stereocenters. The molecule has 0 aliphatic carbocycles. The molecule has 1 N–H and O–H groups in total. The zero-order chi connectivity index (χ0) is 15.7. The summed E-state index contributed by atoms with van der Waals surface area (Å²) in [6, 6.07) is 15.4. The first kappa shape index (κ1) is 14.3. The number of aryl methyl sites for hydroxylation is 2. The predicted octanol–water partition coefficient (Wildman–Crippen LogP) is 4.47. The van der Waals surface area contributed by atoms with Crippen LogP contribution in [0.1, 0.15) is 28.4 Å². The monoisotopic (exact) mass is 291 g/mol. The van der Waals surface area contributed by atoms with Crippen molar-refractivity contribution in [1.29, 1.82) is 0 Å². The van der Waals surface area contributed by atoms with E-state index in [0.717, 1.165) is 17.5 Å². The largest absolute Gasteiger partial charge is 0.478 e. The molecule has 1 heterocycles. The molecule has 0 saturated carbocycles. The van der Waals surface area contributed by atoms with Gasteiger partial charge in [-0.1, -0.05) is 42.8 Å². The standard InChI is InChI=1S/C19H17NO2/c1-3-13-5-7-14(8-6-13)18-11-16(19(21)22)15-10-12(2)4-9-17(15)20-18/h4-11H,3H2,1-2H3,(H,21,22). The molecule has 0 amide bonds. The molecule has 0 radical (unpaired) electrons. The van der Waals surface area contributed by atoms with Gasteiger partial charge in [0.05, 0.1) is 16.8 Å². The molecule has 1 aromatic heterocycles. The smallest absolute Gasteiger partial charge is 0.336 e. The van der Waals surface area contributed by atoms with Gasteiger partial charge in [0.1, 0.15) is 0 Å². The molecule has 0 atom stereocenters. The predicted molar refractivity (Wildman–Crippen MR) is 88.3 cm³/mol. The molecule has 0 bridgehead atoms.